The normalized spacial score (nSPS) is 20.3. The minimum atomic E-state index is -3.71. The molecule has 0 aliphatic carbocycles. The van der Waals surface area contributed by atoms with E-state index < -0.39 is 87.6 Å². The van der Waals surface area contributed by atoms with Gasteiger partial charge in [-0.05, 0) is 98.5 Å². The minimum absolute atomic E-state index is 0.145. The van der Waals surface area contributed by atoms with Crippen molar-refractivity contribution in [1.82, 2.24) is 70.2 Å². The smallest absolute Gasteiger partial charge is 0.338 e. The largest absolute Gasteiger partial charge is 0.463 e. The summed E-state index contributed by atoms with van der Waals surface area (Å²) in [4.78, 5) is 132. The summed E-state index contributed by atoms with van der Waals surface area (Å²) in [6, 6.07) is 12.8. The summed E-state index contributed by atoms with van der Waals surface area (Å²) in [5.41, 5.74) is 6.74. The third kappa shape index (κ3) is 21.6. The summed E-state index contributed by atoms with van der Waals surface area (Å²) in [6.07, 6.45) is 8.28. The van der Waals surface area contributed by atoms with E-state index in [1.807, 2.05) is 41.1 Å². The van der Waals surface area contributed by atoms with E-state index in [1.165, 1.54) is 115 Å². The zero-order chi connectivity index (χ0) is 90.8. The van der Waals surface area contributed by atoms with Crippen LogP contribution in [0.15, 0.2) is 202 Å². The first-order chi connectivity index (χ1) is 60.9. The number of carbonyl (C=O) groups excluding carboxylic acids is 7. The van der Waals surface area contributed by atoms with Crippen LogP contribution in [0.1, 0.15) is 134 Å². The van der Waals surface area contributed by atoms with Gasteiger partial charge in [0.25, 0.3) is 10.2 Å². The van der Waals surface area contributed by atoms with Crippen molar-refractivity contribution in [3.05, 3.63) is 248 Å². The van der Waals surface area contributed by atoms with Crippen LogP contribution in [0.3, 0.4) is 0 Å². The molecule has 8 aromatic rings. The molecule has 4 aromatic heterocycles. The molecule has 31 nitrogen and oxygen atoms in total. The van der Waals surface area contributed by atoms with Gasteiger partial charge in [0.15, 0.2) is 43.4 Å². The Kier molecular flexibility index (Phi) is 31.2. The molecule has 668 valence electrons. The quantitative estimate of drug-likeness (QED) is 0.0208. The molecule has 4 fully saturated rings. The number of esters is 4. The van der Waals surface area contributed by atoms with Gasteiger partial charge < -0.3 is 59.8 Å². The number of fused-ring (bicyclic) bond motifs is 4. The van der Waals surface area contributed by atoms with Crippen LogP contribution in [0.25, 0.3) is 0 Å². The molecule has 4 amide bonds. The first-order valence-corrected chi connectivity index (χ1v) is 47.8. The van der Waals surface area contributed by atoms with Gasteiger partial charge in [-0.15, -0.1) is 45.3 Å². The fraction of sp³-hybridized carbons (Fsp3) is 0.337. The lowest BCUT2D eigenvalue weighted by atomic mass is 9.94. The van der Waals surface area contributed by atoms with E-state index in [0.29, 0.717) is 151 Å². The molecule has 0 bridgehead atoms. The average molecular weight is 2100 g/mol. The van der Waals surface area contributed by atoms with Crippen LogP contribution in [-0.2, 0) is 57.9 Å². The third-order valence-electron chi connectivity index (χ3n) is 20.5. The third-order valence-corrected chi connectivity index (χ3v) is 27.5. The molecule has 0 saturated carbocycles. The van der Waals surface area contributed by atoms with Gasteiger partial charge in [0.2, 0.25) is 11.8 Å². The molecule has 8 aliphatic rings. The highest BCUT2D eigenvalue weighted by atomic mass is 79.9. The van der Waals surface area contributed by atoms with E-state index in [-0.39, 0.29) is 80.9 Å². The van der Waals surface area contributed by atoms with Crippen LogP contribution in [0, 0.1) is 23.3 Å². The van der Waals surface area contributed by atoms with Crippen molar-refractivity contribution >= 4 is 184 Å². The summed E-state index contributed by atoms with van der Waals surface area (Å²) in [6.45, 7) is 12.3. The molecule has 4 saturated heterocycles. The van der Waals surface area contributed by atoms with E-state index >= 15 is 0 Å². The number of halogens is 8. The summed E-state index contributed by atoms with van der Waals surface area (Å²) in [5.74, 6) is -1.56. The number of hydrogen-bond donors (Lipinski definition) is 6. The Morgan fingerprint density at radius 3 is 0.882 bits per heavy atom. The number of aliphatic imine (C=N–C) groups is 4. The maximum absolute atomic E-state index is 13.8. The summed E-state index contributed by atoms with van der Waals surface area (Å²) < 4.78 is 108. The zero-order valence-corrected chi connectivity index (χ0v) is 79.3. The Hall–Kier alpha value is -10.2. The topological polar surface area (TPSA) is 377 Å². The minimum Gasteiger partial charge on any atom is -0.463 e. The van der Waals surface area contributed by atoms with Gasteiger partial charge in [-0.25, -0.2) is 66.2 Å². The number of rotatable bonds is 22. The van der Waals surface area contributed by atoms with Crippen LogP contribution >= 0.6 is 109 Å². The maximum atomic E-state index is 13.8. The van der Waals surface area contributed by atoms with Gasteiger partial charge >= 0.3 is 29.9 Å². The Labute approximate surface area is 776 Å². The lowest BCUT2D eigenvalue weighted by Crippen LogP contribution is -2.43. The standard InChI is InChI=1S/C21H21BrFN5O3S.2C21H20BrFN4O3S.C20H21BrFN5O4S2/c1-3-31-20(29)16-15-9-12(26-21(30)24-2)10-28(15)18(19-25-6-7-32-19)27-17(16)13-5-4-11(23)8-14(13)22;2*1-3-30-21(29)17-16-9-13(25-11(2)28)10-27(16)19(20-24-6-7-31-20)26-18(17)14-5-4-12(23)8-15(14)22;1-3-31-20(28)16-15-9-12(26-33(29,30)23-2)10-27(15)18(19-24-6-7-32-19)25-17(16)13-5-4-11(22)8-14(13)21/h4-8,12,17H,3,9-10H2,1-2H3,(H2,24,26,30);2*4-8,13,18H,3,9-10H2,1-2H3,(H,25,28);4-8,12,17,23,26H,3,9-10H2,1-2H3/t12?,17-;13-,18+;13-,18-;12?,17-/m0100/s1. The predicted octanol–water partition coefficient (Wildman–Crippen LogP) is 13.0. The van der Waals surface area contributed by atoms with Crippen molar-refractivity contribution in [2.45, 2.75) is 116 Å². The number of nitrogens with one attached hydrogen (secondary N) is 6. The fourth-order valence-electron chi connectivity index (χ4n) is 15.5. The summed E-state index contributed by atoms with van der Waals surface area (Å²) in [7, 11) is -0.845. The second-order valence-electron chi connectivity index (χ2n) is 28.8. The number of nitrogens with zero attached hydrogens (tertiary/aromatic N) is 12. The average Bonchev–Trinajstić information content (AvgIpc) is 1.66. The molecule has 4 aromatic carbocycles. The number of urea groups is 1. The molecular weight excluding hydrogens is 2010 g/mol. The van der Waals surface area contributed by atoms with E-state index in [4.69, 9.17) is 38.9 Å². The molecule has 16 rings (SSSR count). The van der Waals surface area contributed by atoms with Crippen LogP contribution in [0.4, 0.5) is 22.4 Å². The Morgan fingerprint density at radius 1 is 0.409 bits per heavy atom. The van der Waals surface area contributed by atoms with Gasteiger partial charge in [-0.2, -0.15) is 13.1 Å². The highest BCUT2D eigenvalue weighted by Crippen LogP contribution is 2.49. The van der Waals surface area contributed by atoms with Gasteiger partial charge in [-0.3, -0.25) is 29.6 Å². The fourth-order valence-corrected chi connectivity index (χ4v) is 21.1. The van der Waals surface area contributed by atoms with Crippen molar-refractivity contribution in [3.8, 4) is 0 Å². The lowest BCUT2D eigenvalue weighted by molar-refractivity contribution is -0.140. The number of benzene rings is 4. The molecular formula is C83H82Br4F4N18O13S5. The Balaban J connectivity index is 0.000000145. The number of thiazole rings is 4. The monoisotopic (exact) mass is 2090 g/mol. The molecule has 6 N–H and O–H groups in total. The molecule has 8 aliphatic heterocycles. The first-order valence-electron chi connectivity index (χ1n) is 39.6. The maximum Gasteiger partial charge on any atom is 0.338 e. The van der Waals surface area contributed by atoms with Gasteiger partial charge in [0.1, 0.15) is 47.4 Å². The van der Waals surface area contributed by atoms with Crippen LogP contribution in [0.5, 0.6) is 0 Å². The SMILES string of the molecule is CCOC(=O)C1=C2CC(NC(=O)NC)CN2C(c2nccs2)=N[C@H]1c1ccc(F)cc1Br.CCOC(=O)C1=C2CC(NS(=O)(=O)NC)CN2C(c2nccs2)=N[C@H]1c1ccc(F)cc1Br.CCOC(=O)C1=C2C[C@@H](NC(C)=O)CN2C(c2nccs2)=N[C@H]1c1ccc(F)cc1Br.CCOC(=O)C1=C2C[C@H](NC(C)=O)CN2C(c2nccs2)=N[C@H]1c1ccc(F)cc1Br. The number of ether oxygens (including phenoxy) is 4. The number of amidine groups is 4. The number of hydrogen-bond acceptors (Lipinski definition) is 29. The molecule has 12 heterocycles. The highest BCUT2D eigenvalue weighted by Gasteiger charge is 2.49. The second kappa shape index (κ2) is 41.9. The van der Waals surface area contributed by atoms with Crippen LogP contribution in [-0.4, -0.2) is 204 Å². The summed E-state index contributed by atoms with van der Waals surface area (Å²) in [5, 5.41) is 21.4. The van der Waals surface area contributed by atoms with Gasteiger partial charge in [-0.1, -0.05) is 88.0 Å². The highest BCUT2D eigenvalue weighted by molar-refractivity contribution is 9.11. The lowest BCUT2D eigenvalue weighted by Gasteiger charge is -2.31. The number of aromatic nitrogens is 4. The number of amides is 4. The zero-order valence-electron chi connectivity index (χ0n) is 68.9. The van der Waals surface area contributed by atoms with Crippen LogP contribution in [0.2, 0.25) is 0 Å². The van der Waals surface area contributed by atoms with Gasteiger partial charge in [0.05, 0.1) is 66.8 Å². The van der Waals surface area contributed by atoms with E-state index in [0.717, 1.165) is 11.4 Å². The van der Waals surface area contributed by atoms with Crippen molar-refractivity contribution in [3.63, 3.8) is 0 Å². The molecule has 0 spiro atoms. The van der Waals surface area contributed by atoms with E-state index in [2.05, 4.69) is 114 Å². The van der Waals surface area contributed by atoms with E-state index in [1.54, 1.807) is 83.8 Å². The summed E-state index contributed by atoms with van der Waals surface area (Å²) >= 11 is 19.3. The molecule has 2 unspecified atom stereocenters. The molecule has 8 atom stereocenters. The predicted molar refractivity (Wildman–Crippen MR) is 483 cm³/mol. The van der Waals surface area contributed by atoms with Crippen molar-refractivity contribution in [1.29, 1.82) is 0 Å². The van der Waals surface area contributed by atoms with Crippen molar-refractivity contribution in [2.75, 3.05) is 66.7 Å². The van der Waals surface area contributed by atoms with Crippen LogP contribution < -0.4 is 30.7 Å². The van der Waals surface area contributed by atoms with Crippen molar-refractivity contribution in [2.24, 2.45) is 20.0 Å². The molecule has 127 heavy (non-hydrogen) atoms. The number of carbonyl (C=O) groups is 7. The van der Waals surface area contributed by atoms with Crippen molar-refractivity contribution < 1.29 is 78.5 Å². The molecule has 0 radical (unpaired) electrons. The second-order valence-corrected chi connectivity index (χ2v) is 37.4. The van der Waals surface area contributed by atoms with Gasteiger partial charge in [0, 0.05) is 173 Å². The first kappa shape index (κ1) is 94.5. The Morgan fingerprint density at radius 2 is 0.661 bits per heavy atom. The Bertz CT molecular complexity index is 5760. The molecule has 44 heteroatoms. The van der Waals surface area contributed by atoms with E-state index in [9.17, 15) is 59.5 Å².